The van der Waals surface area contributed by atoms with Crippen molar-refractivity contribution in [3.63, 3.8) is 0 Å². The lowest BCUT2D eigenvalue weighted by atomic mass is 9.81. The number of amides is 1. The van der Waals surface area contributed by atoms with Gasteiger partial charge in [0.1, 0.15) is 0 Å². The number of benzene rings is 1. The van der Waals surface area contributed by atoms with E-state index in [0.717, 1.165) is 38.5 Å². The zero-order chi connectivity index (χ0) is 17.3. The Hall–Kier alpha value is -1.76. The zero-order valence-corrected chi connectivity index (χ0v) is 15.2. The summed E-state index contributed by atoms with van der Waals surface area (Å²) in [6, 6.07) is 9.41. The second-order valence-electron chi connectivity index (χ2n) is 7.15. The monoisotopic (exact) mass is 357 g/mol. The number of fused-ring (bicyclic) bond motifs is 1. The third-order valence-corrected chi connectivity index (χ3v) is 6.36. The molecule has 2 aliphatic rings. The third kappa shape index (κ3) is 3.34. The van der Waals surface area contributed by atoms with Crippen LogP contribution >= 0.6 is 11.3 Å². The van der Waals surface area contributed by atoms with Crippen LogP contribution in [0.3, 0.4) is 0 Å². The Bertz CT molecular complexity index is 748. The molecule has 1 aromatic carbocycles. The van der Waals surface area contributed by atoms with E-state index in [1.807, 2.05) is 35.8 Å². The predicted molar refractivity (Wildman–Crippen MR) is 97.6 cm³/mol. The molecule has 0 aliphatic carbocycles. The average molecular weight is 357 g/mol. The van der Waals surface area contributed by atoms with E-state index in [0.29, 0.717) is 18.0 Å². The number of likely N-dealkylation sites (tertiary alicyclic amines) is 1. The second-order valence-corrected chi connectivity index (χ2v) is 8.09. The molecule has 6 heteroatoms. The van der Waals surface area contributed by atoms with Crippen molar-refractivity contribution in [1.29, 1.82) is 0 Å². The van der Waals surface area contributed by atoms with E-state index in [2.05, 4.69) is 22.1 Å². The Kier molecular flexibility index (Phi) is 4.58. The lowest BCUT2D eigenvalue weighted by Crippen LogP contribution is -2.43. The number of hydrogen-bond acceptors (Lipinski definition) is 5. The smallest absolute Gasteiger partial charge is 0.251 e. The first-order chi connectivity index (χ1) is 12.2. The van der Waals surface area contributed by atoms with Crippen LogP contribution in [0.15, 0.2) is 35.8 Å². The van der Waals surface area contributed by atoms with Gasteiger partial charge in [-0.25, -0.2) is 4.98 Å². The lowest BCUT2D eigenvalue weighted by Gasteiger charge is -2.27. The van der Waals surface area contributed by atoms with Gasteiger partial charge in [-0.2, -0.15) is 0 Å². The van der Waals surface area contributed by atoms with Crippen molar-refractivity contribution >= 4 is 17.2 Å². The molecule has 2 atom stereocenters. The number of aromatic nitrogens is 1. The van der Waals surface area contributed by atoms with Gasteiger partial charge < -0.3 is 10.1 Å². The van der Waals surface area contributed by atoms with E-state index < -0.39 is 0 Å². The van der Waals surface area contributed by atoms with Gasteiger partial charge in [0.05, 0.1) is 24.4 Å². The number of ether oxygens (including phenoxy) is 1. The molecular formula is C19H23N3O2S. The van der Waals surface area contributed by atoms with Gasteiger partial charge in [0.2, 0.25) is 0 Å². The summed E-state index contributed by atoms with van der Waals surface area (Å²) < 4.78 is 5.77. The quantitative estimate of drug-likeness (QED) is 0.892. The van der Waals surface area contributed by atoms with Gasteiger partial charge in [-0.05, 0) is 19.1 Å². The van der Waals surface area contributed by atoms with Crippen LogP contribution in [0.25, 0.3) is 0 Å². The molecule has 0 unspecified atom stereocenters. The van der Waals surface area contributed by atoms with Crippen molar-refractivity contribution in [3.8, 4) is 0 Å². The van der Waals surface area contributed by atoms with E-state index >= 15 is 0 Å². The van der Waals surface area contributed by atoms with E-state index in [9.17, 15) is 4.79 Å². The first-order valence-corrected chi connectivity index (χ1v) is 9.57. The van der Waals surface area contributed by atoms with Crippen LogP contribution in [-0.2, 0) is 11.3 Å². The van der Waals surface area contributed by atoms with E-state index in [1.54, 1.807) is 11.3 Å². The third-order valence-electron chi connectivity index (χ3n) is 5.44. The van der Waals surface area contributed by atoms with Crippen LogP contribution < -0.4 is 5.32 Å². The van der Waals surface area contributed by atoms with Crippen LogP contribution in [0.5, 0.6) is 0 Å². The van der Waals surface area contributed by atoms with Gasteiger partial charge >= 0.3 is 0 Å². The molecule has 0 radical (unpaired) electrons. The highest BCUT2D eigenvalue weighted by Crippen LogP contribution is 2.41. The number of carbonyl (C=O) groups excluding carboxylic acids is 1. The minimum Gasteiger partial charge on any atom is -0.380 e. The van der Waals surface area contributed by atoms with Gasteiger partial charge in [0.25, 0.3) is 5.91 Å². The molecule has 25 heavy (non-hydrogen) atoms. The van der Waals surface area contributed by atoms with Crippen LogP contribution in [0.4, 0.5) is 0 Å². The number of hydrogen-bond donors (Lipinski definition) is 1. The molecule has 0 bridgehead atoms. The summed E-state index contributed by atoms with van der Waals surface area (Å²) in [6.45, 7) is 7.19. The highest BCUT2D eigenvalue weighted by molar-refractivity contribution is 7.09. The molecule has 1 amide bonds. The normalized spacial score (nSPS) is 25.9. The number of carbonyl (C=O) groups is 1. The Morgan fingerprint density at radius 2 is 2.28 bits per heavy atom. The standard InChI is InChI=1S/C19H23N3O2S/c1-14-17(25-13-21-14)8-22-7-16-9-24-12-19(16,11-22)10-20-18(23)15-5-3-2-4-6-15/h2-6,13,16H,7-12H2,1H3,(H,20,23)/t16-,19+/m1/s1. The molecule has 1 N–H and O–H groups in total. The first kappa shape index (κ1) is 16.7. The average Bonchev–Trinajstić information content (AvgIpc) is 3.29. The Morgan fingerprint density at radius 1 is 1.44 bits per heavy atom. The number of rotatable bonds is 5. The Balaban J connectivity index is 1.41. The summed E-state index contributed by atoms with van der Waals surface area (Å²) in [6.07, 6.45) is 0. The minimum atomic E-state index is -0.00243. The fraction of sp³-hybridized carbons (Fsp3) is 0.474. The second kappa shape index (κ2) is 6.86. The lowest BCUT2D eigenvalue weighted by molar-refractivity contribution is 0.0904. The van der Waals surface area contributed by atoms with Gasteiger partial charge in [-0.1, -0.05) is 18.2 Å². The maximum atomic E-state index is 12.4. The number of nitrogens with zero attached hydrogens (tertiary/aromatic N) is 2. The number of aryl methyl sites for hydroxylation is 1. The molecular weight excluding hydrogens is 334 g/mol. The van der Waals surface area contributed by atoms with Gasteiger partial charge in [0, 0.05) is 48.0 Å². The van der Waals surface area contributed by atoms with Crippen LogP contribution in [-0.4, -0.2) is 48.6 Å². The molecule has 5 nitrogen and oxygen atoms in total. The largest absolute Gasteiger partial charge is 0.380 e. The fourth-order valence-electron chi connectivity index (χ4n) is 3.94. The van der Waals surface area contributed by atoms with Crippen LogP contribution in [0.1, 0.15) is 20.9 Å². The van der Waals surface area contributed by atoms with Crippen LogP contribution in [0.2, 0.25) is 0 Å². The highest BCUT2D eigenvalue weighted by Gasteiger charge is 2.50. The summed E-state index contributed by atoms with van der Waals surface area (Å²) in [7, 11) is 0. The Labute approximate surface area is 152 Å². The molecule has 0 saturated carbocycles. The zero-order valence-electron chi connectivity index (χ0n) is 14.4. The molecule has 132 valence electrons. The topological polar surface area (TPSA) is 54.5 Å². The molecule has 2 aliphatic heterocycles. The maximum Gasteiger partial charge on any atom is 0.251 e. The Morgan fingerprint density at radius 3 is 3.04 bits per heavy atom. The summed E-state index contributed by atoms with van der Waals surface area (Å²) in [4.78, 5) is 20.6. The maximum absolute atomic E-state index is 12.4. The van der Waals surface area contributed by atoms with Crippen molar-refractivity contribution in [2.24, 2.45) is 11.3 Å². The molecule has 0 spiro atoms. The van der Waals surface area contributed by atoms with E-state index in [4.69, 9.17) is 4.74 Å². The van der Waals surface area contributed by atoms with Crippen molar-refractivity contribution in [1.82, 2.24) is 15.2 Å². The SMILES string of the molecule is Cc1ncsc1CN1C[C@@H]2COC[C@]2(CNC(=O)c2ccccc2)C1. The van der Waals surface area contributed by atoms with Crippen molar-refractivity contribution in [2.45, 2.75) is 13.5 Å². The molecule has 3 heterocycles. The van der Waals surface area contributed by atoms with Crippen molar-refractivity contribution in [3.05, 3.63) is 52.0 Å². The minimum absolute atomic E-state index is 0.00243. The summed E-state index contributed by atoms with van der Waals surface area (Å²) in [5.41, 5.74) is 3.79. The first-order valence-electron chi connectivity index (χ1n) is 8.69. The molecule has 2 aromatic rings. The van der Waals surface area contributed by atoms with Crippen molar-refractivity contribution in [2.75, 3.05) is 32.8 Å². The van der Waals surface area contributed by atoms with Crippen molar-refractivity contribution < 1.29 is 9.53 Å². The van der Waals surface area contributed by atoms with Crippen LogP contribution in [0, 0.1) is 18.3 Å². The van der Waals surface area contributed by atoms with E-state index in [1.165, 1.54) is 4.88 Å². The van der Waals surface area contributed by atoms with E-state index in [-0.39, 0.29) is 11.3 Å². The summed E-state index contributed by atoms with van der Waals surface area (Å²) in [5, 5.41) is 3.14. The van der Waals surface area contributed by atoms with Gasteiger partial charge in [0.15, 0.2) is 0 Å². The molecule has 1 aromatic heterocycles. The van der Waals surface area contributed by atoms with Gasteiger partial charge in [-0.15, -0.1) is 11.3 Å². The summed E-state index contributed by atoms with van der Waals surface area (Å²) >= 11 is 1.73. The van der Waals surface area contributed by atoms with Gasteiger partial charge in [-0.3, -0.25) is 9.69 Å². The number of nitrogens with one attached hydrogen (secondary N) is 1. The number of thiazole rings is 1. The molecule has 2 fully saturated rings. The fourth-order valence-corrected chi connectivity index (χ4v) is 4.76. The summed E-state index contributed by atoms with van der Waals surface area (Å²) in [5.74, 6) is 0.481. The molecule has 4 rings (SSSR count). The predicted octanol–water partition coefficient (Wildman–Crippen LogP) is 2.33. The molecule has 2 saturated heterocycles. The highest BCUT2D eigenvalue weighted by atomic mass is 32.1.